The van der Waals surface area contributed by atoms with Crippen LogP contribution >= 0.6 is 0 Å². The van der Waals surface area contributed by atoms with Gasteiger partial charge in [0.05, 0.1) is 0 Å². The quantitative estimate of drug-likeness (QED) is 0.655. The van der Waals surface area contributed by atoms with E-state index in [1.807, 2.05) is 30.0 Å². The lowest BCUT2D eigenvalue weighted by Gasteiger charge is -2.29. The number of carbonyl (C=O) groups excluding carboxylic acids is 1. The third kappa shape index (κ3) is 2.60. The van der Waals surface area contributed by atoms with E-state index >= 15 is 0 Å². The molecule has 5 heteroatoms. The molecule has 0 radical (unpaired) electrons. The number of carbonyl (C=O) groups is 1. The summed E-state index contributed by atoms with van der Waals surface area (Å²) in [6.45, 7) is 2.59. The molecule has 0 aliphatic carbocycles. The second kappa shape index (κ2) is 5.54. The summed E-state index contributed by atoms with van der Waals surface area (Å²) in [7, 11) is 0. The van der Waals surface area contributed by atoms with Gasteiger partial charge < -0.3 is 10.3 Å². The second-order valence-electron chi connectivity index (χ2n) is 5.22. The number of nitrogens with two attached hydrogens (primary N) is 1. The Hall–Kier alpha value is -2.40. The summed E-state index contributed by atoms with van der Waals surface area (Å²) in [5.74, 6) is 5.90. The van der Waals surface area contributed by atoms with E-state index < -0.39 is 0 Å². The maximum Gasteiger partial charge on any atom is 0.258 e. The van der Waals surface area contributed by atoms with Crippen LogP contribution in [0.25, 0.3) is 0 Å². The SMILES string of the molecule is Cc1cc(C(=O)N2CCCc3ccccc32)cc(NN)n1. The molecule has 1 aliphatic rings. The predicted octanol–water partition coefficient (Wildman–Crippen LogP) is 2.27. The summed E-state index contributed by atoms with van der Waals surface area (Å²) in [6.07, 6.45) is 2.00. The van der Waals surface area contributed by atoms with Crippen LogP contribution < -0.4 is 16.2 Å². The lowest BCUT2D eigenvalue weighted by molar-refractivity contribution is 0.0985. The molecule has 1 amide bonds. The summed E-state index contributed by atoms with van der Waals surface area (Å²) in [5, 5.41) is 0. The topological polar surface area (TPSA) is 71.2 Å². The van der Waals surface area contributed by atoms with E-state index in [9.17, 15) is 4.79 Å². The first-order chi connectivity index (χ1) is 10.2. The number of rotatable bonds is 2. The molecule has 2 aromatic rings. The lowest BCUT2D eigenvalue weighted by atomic mass is 10.0. The highest BCUT2D eigenvalue weighted by Gasteiger charge is 2.23. The highest BCUT2D eigenvalue weighted by atomic mass is 16.2. The Bertz CT molecular complexity index is 684. The van der Waals surface area contributed by atoms with Crippen LogP contribution in [0.5, 0.6) is 0 Å². The van der Waals surface area contributed by atoms with Crippen LogP contribution in [-0.2, 0) is 6.42 Å². The minimum atomic E-state index is -0.0100. The molecule has 1 aromatic heterocycles. The highest BCUT2D eigenvalue weighted by Crippen LogP contribution is 2.28. The van der Waals surface area contributed by atoms with Crippen LogP contribution in [0.2, 0.25) is 0 Å². The number of para-hydroxylation sites is 1. The van der Waals surface area contributed by atoms with Gasteiger partial charge in [0.1, 0.15) is 5.82 Å². The van der Waals surface area contributed by atoms with Gasteiger partial charge in [0.25, 0.3) is 5.91 Å². The summed E-state index contributed by atoms with van der Waals surface area (Å²) < 4.78 is 0. The molecule has 1 aromatic carbocycles. The Labute approximate surface area is 123 Å². The number of nitrogen functional groups attached to an aromatic ring is 1. The van der Waals surface area contributed by atoms with E-state index in [1.54, 1.807) is 12.1 Å². The normalized spacial score (nSPS) is 13.7. The number of benzene rings is 1. The molecule has 0 spiro atoms. The fraction of sp³-hybridized carbons (Fsp3) is 0.250. The number of hydrogen-bond donors (Lipinski definition) is 2. The first-order valence-corrected chi connectivity index (χ1v) is 7.04. The standard InChI is InChI=1S/C16H18N4O/c1-11-9-13(10-15(18-11)19-17)16(21)20-8-4-6-12-5-2-3-7-14(12)20/h2-3,5,7,9-10H,4,6,8,17H2,1H3,(H,18,19). The maximum absolute atomic E-state index is 12.8. The van der Waals surface area contributed by atoms with Crippen molar-refractivity contribution in [3.05, 3.63) is 53.2 Å². The molecule has 3 rings (SSSR count). The number of nitrogens with zero attached hydrogens (tertiary/aromatic N) is 2. The smallest absolute Gasteiger partial charge is 0.258 e. The minimum Gasteiger partial charge on any atom is -0.308 e. The molecule has 0 atom stereocenters. The third-order valence-electron chi connectivity index (χ3n) is 3.70. The number of fused-ring (bicyclic) bond motifs is 1. The zero-order chi connectivity index (χ0) is 14.8. The predicted molar refractivity (Wildman–Crippen MR) is 83.2 cm³/mol. The number of amides is 1. The Balaban J connectivity index is 1.98. The van der Waals surface area contributed by atoms with Crippen molar-refractivity contribution < 1.29 is 4.79 Å². The first kappa shape index (κ1) is 13.6. The van der Waals surface area contributed by atoms with Gasteiger partial charge in [-0.3, -0.25) is 4.79 Å². The number of nitrogens with one attached hydrogen (secondary N) is 1. The van der Waals surface area contributed by atoms with Gasteiger partial charge in [0.2, 0.25) is 0 Å². The fourth-order valence-corrected chi connectivity index (χ4v) is 2.77. The molecule has 0 unspecified atom stereocenters. The molecule has 0 saturated heterocycles. The van der Waals surface area contributed by atoms with Gasteiger partial charge in [-0.2, -0.15) is 0 Å². The number of aromatic nitrogens is 1. The van der Waals surface area contributed by atoms with E-state index in [0.717, 1.165) is 30.8 Å². The zero-order valence-corrected chi connectivity index (χ0v) is 12.0. The Morgan fingerprint density at radius 2 is 2.14 bits per heavy atom. The molecule has 1 aliphatic heterocycles. The van der Waals surface area contributed by atoms with Crippen LogP contribution in [0.1, 0.15) is 28.0 Å². The van der Waals surface area contributed by atoms with Crippen molar-refractivity contribution in [3.8, 4) is 0 Å². The summed E-state index contributed by atoms with van der Waals surface area (Å²) in [6, 6.07) is 11.5. The van der Waals surface area contributed by atoms with Crippen molar-refractivity contribution in [1.29, 1.82) is 0 Å². The van der Waals surface area contributed by atoms with Gasteiger partial charge in [0.15, 0.2) is 0 Å². The van der Waals surface area contributed by atoms with Crippen LogP contribution in [0.4, 0.5) is 11.5 Å². The second-order valence-corrected chi connectivity index (χ2v) is 5.22. The van der Waals surface area contributed by atoms with E-state index in [0.29, 0.717) is 11.4 Å². The number of hydrazine groups is 1. The first-order valence-electron chi connectivity index (χ1n) is 7.04. The van der Waals surface area contributed by atoms with Crippen LogP contribution in [0.15, 0.2) is 36.4 Å². The maximum atomic E-state index is 12.8. The fourth-order valence-electron chi connectivity index (χ4n) is 2.77. The monoisotopic (exact) mass is 282 g/mol. The number of aryl methyl sites for hydroxylation is 2. The van der Waals surface area contributed by atoms with Crippen molar-refractivity contribution in [1.82, 2.24) is 4.98 Å². The summed E-state index contributed by atoms with van der Waals surface area (Å²) in [5.41, 5.74) is 6.10. The molecule has 2 heterocycles. The number of anilines is 2. The van der Waals surface area contributed by atoms with E-state index in [-0.39, 0.29) is 5.91 Å². The molecule has 0 bridgehead atoms. The van der Waals surface area contributed by atoms with E-state index in [2.05, 4.69) is 16.5 Å². The van der Waals surface area contributed by atoms with Crippen LogP contribution in [0, 0.1) is 6.92 Å². The number of pyridine rings is 1. The Kier molecular flexibility index (Phi) is 3.58. The molecule has 21 heavy (non-hydrogen) atoms. The van der Waals surface area contributed by atoms with Gasteiger partial charge in [0, 0.05) is 23.5 Å². The van der Waals surface area contributed by atoms with Crippen molar-refractivity contribution in [2.24, 2.45) is 5.84 Å². The number of hydrogen-bond acceptors (Lipinski definition) is 4. The average Bonchev–Trinajstić information content (AvgIpc) is 2.53. The van der Waals surface area contributed by atoms with Crippen molar-refractivity contribution in [3.63, 3.8) is 0 Å². The Morgan fingerprint density at radius 1 is 1.33 bits per heavy atom. The van der Waals surface area contributed by atoms with Crippen LogP contribution in [0.3, 0.4) is 0 Å². The van der Waals surface area contributed by atoms with Gasteiger partial charge in [-0.05, 0) is 43.5 Å². The van der Waals surface area contributed by atoms with Gasteiger partial charge in [-0.15, -0.1) is 0 Å². The van der Waals surface area contributed by atoms with Crippen LogP contribution in [-0.4, -0.2) is 17.4 Å². The molecular weight excluding hydrogens is 264 g/mol. The third-order valence-corrected chi connectivity index (χ3v) is 3.70. The average molecular weight is 282 g/mol. The largest absolute Gasteiger partial charge is 0.308 e. The molecule has 3 N–H and O–H groups in total. The Morgan fingerprint density at radius 3 is 2.95 bits per heavy atom. The summed E-state index contributed by atoms with van der Waals surface area (Å²) >= 11 is 0. The van der Waals surface area contributed by atoms with Crippen molar-refractivity contribution in [2.45, 2.75) is 19.8 Å². The molecule has 0 fully saturated rings. The highest BCUT2D eigenvalue weighted by molar-refractivity contribution is 6.07. The lowest BCUT2D eigenvalue weighted by Crippen LogP contribution is -2.35. The molecule has 108 valence electrons. The van der Waals surface area contributed by atoms with E-state index in [4.69, 9.17) is 5.84 Å². The molecule has 0 saturated carbocycles. The van der Waals surface area contributed by atoms with Gasteiger partial charge >= 0.3 is 0 Å². The molecular formula is C16H18N4O. The van der Waals surface area contributed by atoms with Gasteiger partial charge in [-0.1, -0.05) is 18.2 Å². The van der Waals surface area contributed by atoms with Crippen molar-refractivity contribution in [2.75, 3.05) is 16.9 Å². The summed E-state index contributed by atoms with van der Waals surface area (Å²) in [4.78, 5) is 18.9. The van der Waals surface area contributed by atoms with Gasteiger partial charge in [-0.25, -0.2) is 10.8 Å². The zero-order valence-electron chi connectivity index (χ0n) is 12.0. The van der Waals surface area contributed by atoms with E-state index in [1.165, 1.54) is 5.56 Å². The minimum absolute atomic E-state index is 0.0100. The van der Waals surface area contributed by atoms with Crippen molar-refractivity contribution >= 4 is 17.4 Å². The molecule has 5 nitrogen and oxygen atoms in total.